The smallest absolute Gasteiger partial charge is 0.251 e. The van der Waals surface area contributed by atoms with E-state index in [1.165, 1.54) is 12.1 Å². The van der Waals surface area contributed by atoms with Gasteiger partial charge in [-0.2, -0.15) is 0 Å². The zero-order chi connectivity index (χ0) is 13.2. The molecule has 0 saturated carbocycles. The molecule has 0 bridgehead atoms. The molecule has 2 N–H and O–H groups in total. The first-order valence-corrected chi connectivity index (χ1v) is 5.57. The Morgan fingerprint density at radius 1 is 1.53 bits per heavy atom. The molecule has 1 unspecified atom stereocenters. The number of nitrogens with one attached hydrogen (secondary N) is 1. The Kier molecular flexibility index (Phi) is 4.11. The van der Waals surface area contributed by atoms with Gasteiger partial charge in [-0.15, -0.1) is 0 Å². The van der Waals surface area contributed by atoms with Crippen molar-refractivity contribution < 1.29 is 14.3 Å². The van der Waals surface area contributed by atoms with E-state index in [1.54, 1.807) is 20.8 Å². The minimum absolute atomic E-state index is 0.0312. The Balaban J connectivity index is 2.87. The van der Waals surface area contributed by atoms with Gasteiger partial charge in [0.1, 0.15) is 5.82 Å². The molecule has 0 fully saturated rings. The van der Waals surface area contributed by atoms with Crippen LogP contribution in [0.1, 0.15) is 31.1 Å². The molecule has 1 rings (SSSR count). The third-order valence-electron chi connectivity index (χ3n) is 2.66. The predicted molar refractivity (Wildman–Crippen MR) is 64.6 cm³/mol. The monoisotopic (exact) mass is 259 g/mol. The first kappa shape index (κ1) is 13.9. The van der Waals surface area contributed by atoms with Crippen molar-refractivity contribution in [1.29, 1.82) is 0 Å². The number of benzene rings is 1. The van der Waals surface area contributed by atoms with Crippen molar-refractivity contribution in [3.8, 4) is 0 Å². The second-order valence-electron chi connectivity index (χ2n) is 4.48. The highest BCUT2D eigenvalue weighted by Crippen LogP contribution is 2.16. The lowest BCUT2D eigenvalue weighted by Gasteiger charge is -2.29. The zero-order valence-electron chi connectivity index (χ0n) is 9.92. The summed E-state index contributed by atoms with van der Waals surface area (Å²) in [5.41, 5.74) is -0.617. The molecule has 1 atom stereocenters. The van der Waals surface area contributed by atoms with E-state index >= 15 is 0 Å². The highest BCUT2D eigenvalue weighted by atomic mass is 35.5. The molecule has 0 radical (unpaired) electrons. The van der Waals surface area contributed by atoms with Gasteiger partial charge < -0.3 is 10.4 Å². The lowest BCUT2D eigenvalue weighted by Crippen LogP contribution is -2.50. The van der Waals surface area contributed by atoms with Crippen LogP contribution in [-0.2, 0) is 0 Å². The van der Waals surface area contributed by atoms with Crippen LogP contribution in [0.15, 0.2) is 18.2 Å². The van der Waals surface area contributed by atoms with Crippen LogP contribution in [0.2, 0.25) is 5.02 Å². The third kappa shape index (κ3) is 3.41. The molecule has 1 amide bonds. The number of aliphatic hydroxyl groups is 1. The third-order valence-corrected chi connectivity index (χ3v) is 2.97. The molecule has 94 valence electrons. The fourth-order valence-corrected chi connectivity index (χ4v) is 1.22. The number of amides is 1. The number of hydrogen-bond acceptors (Lipinski definition) is 2. The topological polar surface area (TPSA) is 49.3 Å². The zero-order valence-corrected chi connectivity index (χ0v) is 10.7. The standard InChI is InChI=1S/C12H15ClFNO2/c1-7(16)12(2,3)15-11(17)8-4-5-9(13)10(14)6-8/h4-7,16H,1-3H3,(H,15,17). The Morgan fingerprint density at radius 2 is 2.12 bits per heavy atom. The predicted octanol–water partition coefficient (Wildman–Crippen LogP) is 2.37. The number of carbonyl (C=O) groups is 1. The van der Waals surface area contributed by atoms with E-state index in [4.69, 9.17) is 11.6 Å². The van der Waals surface area contributed by atoms with Crippen molar-refractivity contribution in [3.63, 3.8) is 0 Å². The molecule has 0 aliphatic rings. The summed E-state index contributed by atoms with van der Waals surface area (Å²) >= 11 is 5.52. The number of hydrogen-bond donors (Lipinski definition) is 2. The summed E-state index contributed by atoms with van der Waals surface area (Å²) < 4.78 is 13.2. The summed E-state index contributed by atoms with van der Waals surface area (Å²) in [7, 11) is 0. The van der Waals surface area contributed by atoms with Crippen LogP contribution in [-0.4, -0.2) is 22.7 Å². The van der Waals surface area contributed by atoms with Gasteiger partial charge in [-0.25, -0.2) is 4.39 Å². The minimum Gasteiger partial charge on any atom is -0.391 e. The number of halogens is 2. The fraction of sp³-hybridized carbons (Fsp3) is 0.417. The van der Waals surface area contributed by atoms with Crippen LogP contribution in [0.25, 0.3) is 0 Å². The average Bonchev–Trinajstić information content (AvgIpc) is 2.21. The molecule has 0 aromatic heterocycles. The van der Waals surface area contributed by atoms with Crippen molar-refractivity contribution in [2.24, 2.45) is 0 Å². The van der Waals surface area contributed by atoms with Crippen LogP contribution >= 0.6 is 11.6 Å². The van der Waals surface area contributed by atoms with Gasteiger partial charge in [0.05, 0.1) is 16.7 Å². The molecule has 0 aliphatic carbocycles. The summed E-state index contributed by atoms with van der Waals surface area (Å²) in [5.74, 6) is -1.10. The van der Waals surface area contributed by atoms with Gasteiger partial charge in [0.25, 0.3) is 5.91 Å². The Bertz CT molecular complexity index is 433. The number of rotatable bonds is 3. The first-order valence-electron chi connectivity index (χ1n) is 5.19. The molecular weight excluding hydrogens is 245 g/mol. The van der Waals surface area contributed by atoms with Gasteiger partial charge in [-0.1, -0.05) is 11.6 Å². The maximum absolute atomic E-state index is 13.2. The molecule has 5 heteroatoms. The summed E-state index contributed by atoms with van der Waals surface area (Å²) in [4.78, 5) is 11.8. The molecule has 0 spiro atoms. The quantitative estimate of drug-likeness (QED) is 0.876. The van der Waals surface area contributed by atoms with Crippen LogP contribution in [0.5, 0.6) is 0 Å². The van der Waals surface area contributed by atoms with Crippen molar-refractivity contribution in [1.82, 2.24) is 5.32 Å². The molecule has 0 aliphatic heterocycles. The van der Waals surface area contributed by atoms with Gasteiger partial charge in [0, 0.05) is 5.56 Å². The van der Waals surface area contributed by atoms with E-state index in [2.05, 4.69) is 5.32 Å². The second kappa shape index (κ2) is 5.02. The number of aliphatic hydroxyl groups excluding tert-OH is 1. The maximum Gasteiger partial charge on any atom is 0.251 e. The van der Waals surface area contributed by atoms with Gasteiger partial charge in [0.15, 0.2) is 0 Å². The molecule has 0 saturated heterocycles. The molecule has 17 heavy (non-hydrogen) atoms. The highest BCUT2D eigenvalue weighted by molar-refractivity contribution is 6.30. The van der Waals surface area contributed by atoms with E-state index in [0.29, 0.717) is 0 Å². The number of carbonyl (C=O) groups excluding carboxylic acids is 1. The van der Waals surface area contributed by atoms with Crippen molar-refractivity contribution in [2.45, 2.75) is 32.4 Å². The molecule has 1 aromatic carbocycles. The molecule has 1 aromatic rings. The van der Waals surface area contributed by atoms with E-state index in [1.807, 2.05) is 0 Å². The summed E-state index contributed by atoms with van der Waals surface area (Å²) in [5, 5.41) is 12.1. The van der Waals surface area contributed by atoms with Crippen molar-refractivity contribution >= 4 is 17.5 Å². The van der Waals surface area contributed by atoms with Gasteiger partial charge in [-0.05, 0) is 39.0 Å². The van der Waals surface area contributed by atoms with Crippen LogP contribution < -0.4 is 5.32 Å². The fourth-order valence-electron chi connectivity index (χ4n) is 1.11. The largest absolute Gasteiger partial charge is 0.391 e. The summed E-state index contributed by atoms with van der Waals surface area (Å²) in [6, 6.07) is 3.82. The molecule has 0 heterocycles. The van der Waals surface area contributed by atoms with Crippen molar-refractivity contribution in [2.75, 3.05) is 0 Å². The lowest BCUT2D eigenvalue weighted by molar-refractivity contribution is 0.0709. The van der Waals surface area contributed by atoms with Gasteiger partial charge in [0.2, 0.25) is 0 Å². The van der Waals surface area contributed by atoms with Gasteiger partial charge in [-0.3, -0.25) is 4.79 Å². The van der Waals surface area contributed by atoms with Crippen LogP contribution in [0, 0.1) is 5.82 Å². The van der Waals surface area contributed by atoms with Crippen LogP contribution in [0.3, 0.4) is 0 Å². The van der Waals surface area contributed by atoms with E-state index in [9.17, 15) is 14.3 Å². The van der Waals surface area contributed by atoms with Crippen LogP contribution in [0.4, 0.5) is 4.39 Å². The van der Waals surface area contributed by atoms with Crippen molar-refractivity contribution in [3.05, 3.63) is 34.6 Å². The Morgan fingerprint density at radius 3 is 2.59 bits per heavy atom. The van der Waals surface area contributed by atoms with E-state index in [-0.39, 0.29) is 10.6 Å². The Labute approximate surface area is 105 Å². The highest BCUT2D eigenvalue weighted by Gasteiger charge is 2.26. The van der Waals surface area contributed by atoms with E-state index < -0.39 is 23.4 Å². The second-order valence-corrected chi connectivity index (χ2v) is 4.89. The molecule has 3 nitrogen and oxygen atoms in total. The summed E-state index contributed by atoms with van der Waals surface area (Å²) in [6.07, 6.45) is -0.719. The maximum atomic E-state index is 13.2. The lowest BCUT2D eigenvalue weighted by atomic mass is 9.98. The normalized spacial score (nSPS) is 13.3. The van der Waals surface area contributed by atoms with Gasteiger partial charge >= 0.3 is 0 Å². The average molecular weight is 260 g/mol. The first-order chi connectivity index (χ1) is 7.74. The van der Waals surface area contributed by atoms with E-state index in [0.717, 1.165) is 6.07 Å². The molecular formula is C12H15ClFNO2. The Hall–Kier alpha value is -1.13. The summed E-state index contributed by atoms with van der Waals surface area (Å²) in [6.45, 7) is 4.94. The SMILES string of the molecule is CC(O)C(C)(C)NC(=O)c1ccc(Cl)c(F)c1. The minimum atomic E-state index is -0.785.